The molecule has 0 bridgehead atoms. The number of carbonyl (C=O) groups is 1. The molecule has 2 fully saturated rings. The molecule has 1 aliphatic carbocycles. The van der Waals surface area contributed by atoms with Crippen molar-refractivity contribution in [2.75, 3.05) is 46.9 Å². The molecule has 7 nitrogen and oxygen atoms in total. The molecule has 1 unspecified atom stereocenters. The Morgan fingerprint density at radius 1 is 1.07 bits per heavy atom. The van der Waals surface area contributed by atoms with E-state index in [0.29, 0.717) is 31.8 Å². The van der Waals surface area contributed by atoms with E-state index in [1.165, 1.54) is 44.9 Å². The number of nitrogens with zero attached hydrogens (tertiary/aromatic N) is 2. The van der Waals surface area contributed by atoms with Crippen molar-refractivity contribution in [1.29, 1.82) is 0 Å². The number of ether oxygens (including phenoxy) is 2. The van der Waals surface area contributed by atoms with Crippen LogP contribution >= 0.6 is 0 Å². The summed E-state index contributed by atoms with van der Waals surface area (Å²) in [7, 11) is 3.49. The average Bonchev–Trinajstić information content (AvgIpc) is 2.96. The first-order valence-corrected chi connectivity index (χ1v) is 10.6. The number of guanidine groups is 1. The van der Waals surface area contributed by atoms with Crippen LogP contribution in [0.5, 0.6) is 0 Å². The first-order chi connectivity index (χ1) is 13.1. The van der Waals surface area contributed by atoms with E-state index in [1.807, 2.05) is 0 Å². The largest absolute Gasteiger partial charge is 0.376 e. The van der Waals surface area contributed by atoms with E-state index >= 15 is 0 Å². The Morgan fingerprint density at radius 2 is 1.81 bits per heavy atom. The number of amides is 1. The molecule has 2 aliphatic rings. The quantitative estimate of drug-likeness (QED) is 0.290. The third kappa shape index (κ3) is 9.42. The number of likely N-dealkylation sites (N-methyl/N-ethyl adjacent to an activating group) is 1. The van der Waals surface area contributed by atoms with Gasteiger partial charge in [0.05, 0.1) is 18.8 Å². The van der Waals surface area contributed by atoms with Gasteiger partial charge in [0.15, 0.2) is 5.96 Å². The molecular weight excluding hydrogens is 344 g/mol. The SMILES string of the molecule is CN(C)C(=O)CN=C(NCCOC1CCCCCC1)NCC1CCCCO1. The molecule has 1 aliphatic heterocycles. The van der Waals surface area contributed by atoms with Crippen molar-refractivity contribution in [2.45, 2.75) is 70.0 Å². The van der Waals surface area contributed by atoms with E-state index in [2.05, 4.69) is 15.6 Å². The van der Waals surface area contributed by atoms with Crippen LogP contribution in [0.4, 0.5) is 0 Å². The van der Waals surface area contributed by atoms with Crippen LogP contribution < -0.4 is 10.6 Å². The van der Waals surface area contributed by atoms with Gasteiger partial charge in [-0.25, -0.2) is 4.99 Å². The second-order valence-corrected chi connectivity index (χ2v) is 7.73. The van der Waals surface area contributed by atoms with Gasteiger partial charge in [0, 0.05) is 33.8 Å². The van der Waals surface area contributed by atoms with Crippen molar-refractivity contribution in [3.05, 3.63) is 0 Å². The van der Waals surface area contributed by atoms with Crippen LogP contribution in [0.2, 0.25) is 0 Å². The molecule has 27 heavy (non-hydrogen) atoms. The Labute approximate surface area is 164 Å². The summed E-state index contributed by atoms with van der Waals surface area (Å²) < 4.78 is 11.8. The van der Waals surface area contributed by atoms with Crippen molar-refractivity contribution >= 4 is 11.9 Å². The zero-order valence-electron chi connectivity index (χ0n) is 17.2. The van der Waals surface area contributed by atoms with Crippen LogP contribution in [0.15, 0.2) is 4.99 Å². The van der Waals surface area contributed by atoms with E-state index in [9.17, 15) is 4.79 Å². The molecule has 1 saturated carbocycles. The molecular formula is C20H38N4O3. The topological polar surface area (TPSA) is 75.2 Å². The fraction of sp³-hybridized carbons (Fsp3) is 0.900. The van der Waals surface area contributed by atoms with Gasteiger partial charge < -0.3 is 25.0 Å². The summed E-state index contributed by atoms with van der Waals surface area (Å²) in [6.45, 7) is 3.03. The second-order valence-electron chi connectivity index (χ2n) is 7.73. The third-order valence-electron chi connectivity index (χ3n) is 5.19. The molecule has 0 aromatic carbocycles. The molecule has 0 aromatic heterocycles. The Bertz CT molecular complexity index is 443. The van der Waals surface area contributed by atoms with Gasteiger partial charge in [-0.1, -0.05) is 25.7 Å². The summed E-state index contributed by atoms with van der Waals surface area (Å²) in [4.78, 5) is 17.8. The van der Waals surface area contributed by atoms with Gasteiger partial charge in [-0.15, -0.1) is 0 Å². The molecule has 1 heterocycles. The number of carbonyl (C=O) groups excluding carboxylic acids is 1. The van der Waals surface area contributed by atoms with Crippen molar-refractivity contribution in [3.8, 4) is 0 Å². The average molecular weight is 383 g/mol. The number of rotatable bonds is 8. The molecule has 1 amide bonds. The van der Waals surface area contributed by atoms with Gasteiger partial charge in [-0.2, -0.15) is 0 Å². The van der Waals surface area contributed by atoms with Gasteiger partial charge in [0.2, 0.25) is 5.91 Å². The minimum absolute atomic E-state index is 0.0141. The summed E-state index contributed by atoms with van der Waals surface area (Å²) in [5.41, 5.74) is 0. The monoisotopic (exact) mass is 382 g/mol. The lowest BCUT2D eigenvalue weighted by molar-refractivity contribution is -0.127. The summed E-state index contributed by atoms with van der Waals surface area (Å²) >= 11 is 0. The van der Waals surface area contributed by atoms with E-state index in [1.54, 1.807) is 19.0 Å². The van der Waals surface area contributed by atoms with Crippen molar-refractivity contribution in [1.82, 2.24) is 15.5 Å². The fourth-order valence-corrected chi connectivity index (χ4v) is 3.44. The summed E-state index contributed by atoms with van der Waals surface area (Å²) in [6, 6.07) is 0. The van der Waals surface area contributed by atoms with Crippen molar-refractivity contribution in [2.24, 2.45) is 4.99 Å². The normalized spacial score (nSPS) is 22.1. The second kappa shape index (κ2) is 12.9. The first-order valence-electron chi connectivity index (χ1n) is 10.6. The smallest absolute Gasteiger partial charge is 0.243 e. The van der Waals surface area contributed by atoms with E-state index in [0.717, 1.165) is 19.4 Å². The van der Waals surface area contributed by atoms with Gasteiger partial charge in [0.1, 0.15) is 6.54 Å². The number of hydrogen-bond donors (Lipinski definition) is 2. The number of hydrogen-bond acceptors (Lipinski definition) is 4. The molecule has 1 saturated heterocycles. The standard InChI is InChI=1S/C20H38N4O3/c1-24(2)19(25)16-23-20(22-15-18-11-7-8-13-26-18)21-12-14-27-17-9-5-3-4-6-10-17/h17-18H,3-16H2,1-2H3,(H2,21,22,23). The Kier molecular flexibility index (Phi) is 10.5. The summed E-state index contributed by atoms with van der Waals surface area (Å²) in [6.07, 6.45) is 11.6. The first kappa shape index (κ1) is 22.0. The zero-order valence-corrected chi connectivity index (χ0v) is 17.2. The zero-order chi connectivity index (χ0) is 19.3. The van der Waals surface area contributed by atoms with Crippen LogP contribution in [0, 0.1) is 0 Å². The minimum atomic E-state index is -0.0141. The van der Waals surface area contributed by atoms with Gasteiger partial charge >= 0.3 is 0 Å². The van der Waals surface area contributed by atoms with E-state index in [-0.39, 0.29) is 18.6 Å². The summed E-state index contributed by atoms with van der Waals surface area (Å²) in [5.74, 6) is 0.642. The molecule has 2 rings (SSSR count). The van der Waals surface area contributed by atoms with E-state index < -0.39 is 0 Å². The van der Waals surface area contributed by atoms with Crippen LogP contribution in [-0.2, 0) is 14.3 Å². The molecule has 0 aromatic rings. The van der Waals surface area contributed by atoms with Crippen molar-refractivity contribution in [3.63, 3.8) is 0 Å². The predicted octanol–water partition coefficient (Wildman–Crippen LogP) is 1.92. The highest BCUT2D eigenvalue weighted by molar-refractivity contribution is 5.84. The van der Waals surface area contributed by atoms with E-state index in [4.69, 9.17) is 9.47 Å². The molecule has 1 atom stereocenters. The van der Waals surface area contributed by atoms with Gasteiger partial charge in [-0.3, -0.25) is 4.79 Å². The van der Waals surface area contributed by atoms with Crippen LogP contribution in [0.25, 0.3) is 0 Å². The number of aliphatic imine (C=N–C) groups is 1. The van der Waals surface area contributed by atoms with Gasteiger partial charge in [0.25, 0.3) is 0 Å². The predicted molar refractivity (Wildman–Crippen MR) is 108 cm³/mol. The molecule has 2 N–H and O–H groups in total. The fourth-order valence-electron chi connectivity index (χ4n) is 3.44. The lowest BCUT2D eigenvalue weighted by atomic mass is 10.1. The minimum Gasteiger partial charge on any atom is -0.376 e. The van der Waals surface area contributed by atoms with Crippen LogP contribution in [0.3, 0.4) is 0 Å². The third-order valence-corrected chi connectivity index (χ3v) is 5.19. The van der Waals surface area contributed by atoms with Crippen molar-refractivity contribution < 1.29 is 14.3 Å². The highest BCUT2D eigenvalue weighted by Crippen LogP contribution is 2.19. The lowest BCUT2D eigenvalue weighted by Crippen LogP contribution is -2.44. The Balaban J connectivity index is 1.73. The van der Waals surface area contributed by atoms with Crippen LogP contribution in [0.1, 0.15) is 57.8 Å². The summed E-state index contributed by atoms with van der Waals surface area (Å²) in [5, 5.41) is 6.62. The maximum atomic E-state index is 11.8. The maximum Gasteiger partial charge on any atom is 0.243 e. The van der Waals surface area contributed by atoms with Gasteiger partial charge in [-0.05, 0) is 32.1 Å². The Morgan fingerprint density at radius 3 is 2.48 bits per heavy atom. The lowest BCUT2D eigenvalue weighted by Gasteiger charge is -2.24. The molecule has 7 heteroatoms. The molecule has 0 spiro atoms. The highest BCUT2D eigenvalue weighted by Gasteiger charge is 2.15. The molecule has 156 valence electrons. The number of nitrogens with one attached hydrogen (secondary N) is 2. The Hall–Kier alpha value is -1.34. The maximum absolute atomic E-state index is 11.8. The van der Waals surface area contributed by atoms with Crippen LogP contribution in [-0.4, -0.2) is 75.9 Å². The highest BCUT2D eigenvalue weighted by atomic mass is 16.5. The molecule has 0 radical (unpaired) electrons.